The summed E-state index contributed by atoms with van der Waals surface area (Å²) < 4.78 is 5.34. The van der Waals surface area contributed by atoms with E-state index in [-0.39, 0.29) is 5.75 Å². The van der Waals surface area contributed by atoms with Gasteiger partial charge in [0.05, 0.1) is 13.7 Å². The Hall–Kier alpha value is -2.89. The number of hydrogen-bond donors (Lipinski definition) is 2. The number of phenolic OH excluding ortho intramolecular Hbond substituents is 1. The van der Waals surface area contributed by atoms with E-state index in [1.54, 1.807) is 19.2 Å². The molecular formula is C21H28N4O2. The van der Waals surface area contributed by atoms with Crippen LogP contribution in [0.4, 0.5) is 5.69 Å². The normalized spacial score (nSPS) is 15.0. The monoisotopic (exact) mass is 368 g/mol. The molecule has 0 bridgehead atoms. The molecular weight excluding hydrogens is 340 g/mol. The average Bonchev–Trinajstić information content (AvgIpc) is 2.72. The van der Waals surface area contributed by atoms with Crippen molar-refractivity contribution in [2.24, 2.45) is 4.99 Å². The van der Waals surface area contributed by atoms with Gasteiger partial charge in [-0.25, -0.2) is 4.99 Å². The van der Waals surface area contributed by atoms with Crippen LogP contribution in [0.3, 0.4) is 0 Å². The summed E-state index contributed by atoms with van der Waals surface area (Å²) in [6, 6.07) is 15.4. The summed E-state index contributed by atoms with van der Waals surface area (Å²) in [5, 5.41) is 12.8. The third-order valence-electron chi connectivity index (χ3n) is 4.68. The topological polar surface area (TPSA) is 60.3 Å². The molecule has 1 fully saturated rings. The molecule has 1 heterocycles. The molecule has 0 radical (unpaired) electrons. The van der Waals surface area contributed by atoms with Crippen molar-refractivity contribution in [1.29, 1.82) is 0 Å². The lowest BCUT2D eigenvalue weighted by Gasteiger charge is -2.37. The van der Waals surface area contributed by atoms with Gasteiger partial charge in [0.15, 0.2) is 5.96 Å². The van der Waals surface area contributed by atoms with Crippen LogP contribution in [0.2, 0.25) is 0 Å². The van der Waals surface area contributed by atoms with Crippen molar-refractivity contribution in [3.05, 3.63) is 54.1 Å². The molecule has 0 unspecified atom stereocenters. The molecule has 2 N–H and O–H groups in total. The molecule has 0 aromatic heterocycles. The van der Waals surface area contributed by atoms with Gasteiger partial charge in [0, 0.05) is 44.5 Å². The van der Waals surface area contributed by atoms with Crippen LogP contribution in [0.5, 0.6) is 11.5 Å². The summed E-state index contributed by atoms with van der Waals surface area (Å²) >= 11 is 0. The molecule has 0 atom stereocenters. The minimum absolute atomic E-state index is 0.281. The zero-order valence-electron chi connectivity index (χ0n) is 16.1. The van der Waals surface area contributed by atoms with E-state index >= 15 is 0 Å². The molecule has 0 aliphatic carbocycles. The molecule has 0 saturated carbocycles. The molecule has 1 aliphatic rings. The van der Waals surface area contributed by atoms with Crippen LogP contribution in [-0.2, 0) is 6.54 Å². The minimum Gasteiger partial charge on any atom is -0.508 e. The lowest BCUT2D eigenvalue weighted by Crippen LogP contribution is -2.52. The summed E-state index contributed by atoms with van der Waals surface area (Å²) in [4.78, 5) is 9.46. The molecule has 1 saturated heterocycles. The molecule has 6 nitrogen and oxygen atoms in total. The number of anilines is 1. The number of ether oxygens (including phenoxy) is 1. The SMILES string of the molecule is CCNC(=NCc1ccc(O)cc1)N1CCN(c2cccc(OC)c2)CC1. The second kappa shape index (κ2) is 9.16. The van der Waals surface area contributed by atoms with Crippen molar-refractivity contribution in [2.75, 3.05) is 44.7 Å². The van der Waals surface area contributed by atoms with E-state index in [1.807, 2.05) is 24.3 Å². The lowest BCUT2D eigenvalue weighted by molar-refractivity contribution is 0.372. The van der Waals surface area contributed by atoms with Gasteiger partial charge in [-0.15, -0.1) is 0 Å². The van der Waals surface area contributed by atoms with Crippen molar-refractivity contribution in [1.82, 2.24) is 10.2 Å². The Labute approximate surface area is 161 Å². The van der Waals surface area contributed by atoms with E-state index in [0.717, 1.165) is 50.0 Å². The van der Waals surface area contributed by atoms with Crippen LogP contribution in [0.25, 0.3) is 0 Å². The third kappa shape index (κ3) is 5.06. The lowest BCUT2D eigenvalue weighted by atomic mass is 10.2. The Balaban J connectivity index is 1.62. The number of nitrogens with zero attached hydrogens (tertiary/aromatic N) is 3. The number of methoxy groups -OCH3 is 1. The van der Waals surface area contributed by atoms with Crippen LogP contribution >= 0.6 is 0 Å². The first kappa shape index (κ1) is 18.9. The van der Waals surface area contributed by atoms with Crippen molar-refractivity contribution in [3.8, 4) is 11.5 Å². The first-order valence-corrected chi connectivity index (χ1v) is 9.39. The first-order valence-electron chi connectivity index (χ1n) is 9.39. The fourth-order valence-electron chi connectivity index (χ4n) is 3.18. The zero-order valence-corrected chi connectivity index (χ0v) is 16.1. The number of aliphatic imine (C=N–C) groups is 1. The number of rotatable bonds is 5. The quantitative estimate of drug-likeness (QED) is 0.628. The number of phenols is 1. The second-order valence-corrected chi connectivity index (χ2v) is 6.51. The summed E-state index contributed by atoms with van der Waals surface area (Å²) in [5.74, 6) is 2.11. The highest BCUT2D eigenvalue weighted by molar-refractivity contribution is 5.80. The molecule has 3 rings (SSSR count). The van der Waals surface area contributed by atoms with Crippen molar-refractivity contribution < 1.29 is 9.84 Å². The summed E-state index contributed by atoms with van der Waals surface area (Å²) in [5.41, 5.74) is 2.28. The van der Waals surface area contributed by atoms with Gasteiger partial charge in [0.25, 0.3) is 0 Å². The van der Waals surface area contributed by atoms with Gasteiger partial charge in [-0.05, 0) is 36.8 Å². The Kier molecular flexibility index (Phi) is 6.41. The van der Waals surface area contributed by atoms with Gasteiger partial charge in [0.1, 0.15) is 11.5 Å². The molecule has 2 aromatic rings. The first-order chi connectivity index (χ1) is 13.2. The fraction of sp³-hybridized carbons (Fsp3) is 0.381. The maximum absolute atomic E-state index is 9.41. The van der Waals surface area contributed by atoms with E-state index in [0.29, 0.717) is 6.54 Å². The van der Waals surface area contributed by atoms with E-state index in [4.69, 9.17) is 9.73 Å². The van der Waals surface area contributed by atoms with Crippen molar-refractivity contribution >= 4 is 11.6 Å². The Bertz CT molecular complexity index is 753. The van der Waals surface area contributed by atoms with Crippen molar-refractivity contribution in [3.63, 3.8) is 0 Å². The van der Waals surface area contributed by atoms with Crippen LogP contribution in [-0.4, -0.2) is 55.8 Å². The highest BCUT2D eigenvalue weighted by Gasteiger charge is 2.20. The van der Waals surface area contributed by atoms with Crippen LogP contribution in [0, 0.1) is 0 Å². The predicted octanol–water partition coefficient (Wildman–Crippen LogP) is 2.69. The average molecular weight is 368 g/mol. The number of guanidine groups is 1. The van der Waals surface area contributed by atoms with Gasteiger partial charge in [-0.2, -0.15) is 0 Å². The largest absolute Gasteiger partial charge is 0.508 e. The van der Waals surface area contributed by atoms with E-state index < -0.39 is 0 Å². The number of nitrogens with one attached hydrogen (secondary N) is 1. The smallest absolute Gasteiger partial charge is 0.194 e. The van der Waals surface area contributed by atoms with Crippen molar-refractivity contribution in [2.45, 2.75) is 13.5 Å². The Morgan fingerprint density at radius 1 is 1.11 bits per heavy atom. The van der Waals surface area contributed by atoms with Crippen LogP contribution < -0.4 is 15.0 Å². The number of benzene rings is 2. The summed E-state index contributed by atoms with van der Waals surface area (Å²) in [6.07, 6.45) is 0. The van der Waals surface area contributed by atoms with Crippen LogP contribution in [0.1, 0.15) is 12.5 Å². The highest BCUT2D eigenvalue weighted by Crippen LogP contribution is 2.22. The number of aromatic hydroxyl groups is 1. The summed E-state index contributed by atoms with van der Waals surface area (Å²) in [7, 11) is 1.70. The van der Waals surface area contributed by atoms with Gasteiger partial charge in [-0.1, -0.05) is 18.2 Å². The zero-order chi connectivity index (χ0) is 19.1. The number of piperazine rings is 1. The Morgan fingerprint density at radius 3 is 2.52 bits per heavy atom. The molecule has 0 amide bonds. The fourth-order valence-corrected chi connectivity index (χ4v) is 3.18. The molecule has 0 spiro atoms. The molecule has 2 aromatic carbocycles. The molecule has 1 aliphatic heterocycles. The summed E-state index contributed by atoms with van der Waals surface area (Å²) in [6.45, 7) is 7.23. The van der Waals surface area contributed by atoms with Gasteiger partial charge in [0.2, 0.25) is 0 Å². The third-order valence-corrected chi connectivity index (χ3v) is 4.68. The van der Waals surface area contributed by atoms with Gasteiger partial charge < -0.3 is 25.0 Å². The standard InChI is InChI=1S/C21H28N4O2/c1-3-22-21(23-16-17-7-9-19(26)10-8-17)25-13-11-24(12-14-25)18-5-4-6-20(15-18)27-2/h4-10,15,26H,3,11-14,16H2,1-2H3,(H,22,23). The molecule has 6 heteroatoms. The van der Waals surface area contributed by atoms with E-state index in [1.165, 1.54) is 5.69 Å². The maximum atomic E-state index is 9.41. The molecule has 144 valence electrons. The molecule has 27 heavy (non-hydrogen) atoms. The van der Waals surface area contributed by atoms with Gasteiger partial charge in [-0.3, -0.25) is 0 Å². The minimum atomic E-state index is 0.281. The predicted molar refractivity (Wildman–Crippen MR) is 110 cm³/mol. The van der Waals surface area contributed by atoms with Crippen LogP contribution in [0.15, 0.2) is 53.5 Å². The van der Waals surface area contributed by atoms with Gasteiger partial charge >= 0.3 is 0 Å². The van der Waals surface area contributed by atoms with E-state index in [9.17, 15) is 5.11 Å². The Morgan fingerprint density at radius 2 is 1.85 bits per heavy atom. The van der Waals surface area contributed by atoms with E-state index in [2.05, 4.69) is 34.2 Å². The number of hydrogen-bond acceptors (Lipinski definition) is 4. The maximum Gasteiger partial charge on any atom is 0.194 e. The second-order valence-electron chi connectivity index (χ2n) is 6.51. The highest BCUT2D eigenvalue weighted by atomic mass is 16.5.